The Morgan fingerprint density at radius 3 is 0.667 bits per heavy atom. The third-order valence-corrected chi connectivity index (χ3v) is 1.71. The van der Waals surface area contributed by atoms with Gasteiger partial charge in [-0.1, -0.05) is 126 Å². The first kappa shape index (κ1) is 81.3. The van der Waals surface area contributed by atoms with E-state index >= 15 is 0 Å². The minimum Gasteiger partial charge on any atom is -0.0776 e. The molecule has 0 unspecified atom stereocenters. The fraction of sp³-hybridized carbons (Fsp3) is 1.00. The molecule has 0 fully saturated rings. The monoisotopic (exact) mass is 272 g/mol. The molecule has 0 aromatic heterocycles. The van der Waals surface area contributed by atoms with Crippen molar-refractivity contribution in [3.05, 3.63) is 0 Å². The fourth-order valence-corrected chi connectivity index (χ4v) is 1.03. The van der Waals surface area contributed by atoms with Gasteiger partial charge in [-0.05, 0) is 0 Å². The summed E-state index contributed by atoms with van der Waals surface area (Å²) in [5.74, 6) is 0. The van der Waals surface area contributed by atoms with Crippen molar-refractivity contribution in [1.29, 1.82) is 0 Å². The molecule has 0 heteroatoms. The van der Waals surface area contributed by atoms with Crippen LogP contribution in [0.25, 0.3) is 0 Å². The summed E-state index contributed by atoms with van der Waals surface area (Å²) in [6.45, 7) is 4.53. The average Bonchev–Trinajstić information content (AvgIpc) is 1.89. The lowest BCUT2D eigenvalue weighted by atomic mass is 10.1. The minimum atomic E-state index is 0. The summed E-state index contributed by atoms with van der Waals surface area (Å²) in [7, 11) is 0. The second-order valence-electron chi connectivity index (χ2n) is 2.77. The van der Waals surface area contributed by atoms with Crippen molar-refractivity contribution in [3.8, 4) is 0 Å². The quantitative estimate of drug-likeness (QED) is 0.422. The van der Waals surface area contributed by atoms with Gasteiger partial charge in [-0.3, -0.25) is 0 Å². The van der Waals surface area contributed by atoms with Crippen LogP contribution in [0.4, 0.5) is 0 Å². The lowest BCUT2D eigenvalue weighted by molar-refractivity contribution is 0.602. The molecule has 0 radical (unpaired) electrons. The molecule has 0 atom stereocenters. The van der Waals surface area contributed by atoms with Gasteiger partial charge in [0.05, 0.1) is 0 Å². The predicted octanol–water partition coefficient (Wildman–Crippen LogP) is 9.48. The van der Waals surface area contributed by atoms with Crippen molar-refractivity contribution in [2.45, 2.75) is 126 Å². The van der Waals surface area contributed by atoms with E-state index in [1.54, 1.807) is 0 Å². The van der Waals surface area contributed by atoms with E-state index in [2.05, 4.69) is 13.8 Å². The first-order chi connectivity index (χ1) is 4.41. The molecule has 0 aliphatic carbocycles. The van der Waals surface area contributed by atoms with E-state index in [1.165, 1.54) is 44.9 Å². The van der Waals surface area contributed by atoms with Crippen LogP contribution < -0.4 is 0 Å². The van der Waals surface area contributed by atoms with Crippen LogP contribution in [0.5, 0.6) is 0 Å². The van der Waals surface area contributed by atoms with Crippen molar-refractivity contribution < 1.29 is 0 Å². The third-order valence-electron chi connectivity index (χ3n) is 1.71. The zero-order valence-corrected chi connectivity index (χ0v) is 6.95. The molecule has 0 nitrogen and oxygen atoms in total. The molecule has 0 aromatic rings. The Labute approximate surface area is 126 Å². The van der Waals surface area contributed by atoms with Crippen LogP contribution in [0.3, 0.4) is 0 Å². The molecular formula is C18H56. The van der Waals surface area contributed by atoms with Gasteiger partial charge in [-0.25, -0.2) is 0 Å². The van der Waals surface area contributed by atoms with Crippen molar-refractivity contribution in [2.75, 3.05) is 0 Å². The summed E-state index contributed by atoms with van der Waals surface area (Å²) in [5, 5.41) is 0. The maximum absolute atomic E-state index is 2.26. The van der Waals surface area contributed by atoms with Gasteiger partial charge >= 0.3 is 0 Å². The summed E-state index contributed by atoms with van der Waals surface area (Å²) in [6, 6.07) is 0. The highest BCUT2D eigenvalue weighted by Gasteiger charge is 1.85. The predicted molar refractivity (Wildman–Crippen MR) is 104 cm³/mol. The lowest BCUT2D eigenvalue weighted by Gasteiger charge is -1.96. The van der Waals surface area contributed by atoms with Crippen LogP contribution in [0.1, 0.15) is 126 Å². The highest BCUT2D eigenvalue weighted by Crippen LogP contribution is 2.05. The van der Waals surface area contributed by atoms with Gasteiger partial charge in [-0.2, -0.15) is 0 Å². The van der Waals surface area contributed by atoms with Crippen molar-refractivity contribution >= 4 is 0 Å². The molecule has 0 aliphatic heterocycles. The Morgan fingerprint density at radius 1 is 0.333 bits per heavy atom. The van der Waals surface area contributed by atoms with E-state index in [-0.39, 0.29) is 66.8 Å². The third kappa shape index (κ3) is 100. The molecule has 0 heterocycles. The molecule has 0 bridgehead atoms. The fourth-order valence-electron chi connectivity index (χ4n) is 1.03. The maximum atomic E-state index is 2.26. The van der Waals surface area contributed by atoms with Crippen molar-refractivity contribution in [2.24, 2.45) is 0 Å². The summed E-state index contributed by atoms with van der Waals surface area (Å²) in [6.07, 6.45) is 9.97. The molecule has 0 N–H and O–H groups in total. The van der Waals surface area contributed by atoms with Crippen molar-refractivity contribution in [3.63, 3.8) is 0 Å². The van der Waals surface area contributed by atoms with E-state index < -0.39 is 0 Å². The molecule has 0 aliphatic rings. The van der Waals surface area contributed by atoms with Crippen LogP contribution in [0, 0.1) is 0 Å². The van der Waals surface area contributed by atoms with E-state index in [0.29, 0.717) is 0 Å². The van der Waals surface area contributed by atoms with Crippen LogP contribution >= 0.6 is 0 Å². The average molecular weight is 273 g/mol. The maximum Gasteiger partial charge on any atom is -0.0533 e. The zero-order chi connectivity index (χ0) is 6.95. The number of hydrogen-bond acceptors (Lipinski definition) is 0. The smallest absolute Gasteiger partial charge is 0.0533 e. The zero-order valence-electron chi connectivity index (χ0n) is 6.95. The molecule has 18 heavy (non-hydrogen) atoms. The first-order valence-corrected chi connectivity index (χ1v) is 4.41. The lowest BCUT2D eigenvalue weighted by Crippen LogP contribution is -1.76. The summed E-state index contributed by atoms with van der Waals surface area (Å²) >= 11 is 0. The van der Waals surface area contributed by atoms with E-state index in [4.69, 9.17) is 0 Å². The largest absolute Gasteiger partial charge is 0.0776 e. The van der Waals surface area contributed by atoms with E-state index in [9.17, 15) is 0 Å². The highest BCUT2D eigenvalue weighted by atomic mass is 13.9. The van der Waals surface area contributed by atoms with Gasteiger partial charge in [0, 0.05) is 0 Å². The first-order valence-electron chi connectivity index (χ1n) is 4.41. The number of unbranched alkanes of at least 4 members (excludes halogenated alkanes) is 6. The van der Waals surface area contributed by atoms with Gasteiger partial charge in [0.25, 0.3) is 0 Å². The Hall–Kier alpha value is 0. The van der Waals surface area contributed by atoms with E-state index in [0.717, 1.165) is 0 Å². The molecule has 0 saturated heterocycles. The van der Waals surface area contributed by atoms with Crippen LogP contribution in [0.2, 0.25) is 0 Å². The second-order valence-corrected chi connectivity index (χ2v) is 2.77. The summed E-state index contributed by atoms with van der Waals surface area (Å²) in [5.41, 5.74) is 0. The molecule has 0 spiro atoms. The number of rotatable bonds is 6. The Morgan fingerprint density at radius 2 is 0.500 bits per heavy atom. The molecule has 0 aromatic carbocycles. The second kappa shape index (κ2) is 88.8. The van der Waals surface area contributed by atoms with Gasteiger partial charge in [0.2, 0.25) is 0 Å². The van der Waals surface area contributed by atoms with Gasteiger partial charge in [0.1, 0.15) is 0 Å². The Bertz CT molecular complexity index is 33.3. The standard InChI is InChI=1S/C9H20.9CH4/c1-3-5-7-9-8-6-4-2;;;;;;;;;/h3-9H2,1-2H3;9*1H4. The van der Waals surface area contributed by atoms with Crippen LogP contribution in [-0.4, -0.2) is 0 Å². The van der Waals surface area contributed by atoms with Gasteiger partial charge in [0.15, 0.2) is 0 Å². The molecule has 128 valence electrons. The van der Waals surface area contributed by atoms with Crippen LogP contribution in [-0.2, 0) is 0 Å². The van der Waals surface area contributed by atoms with Gasteiger partial charge in [-0.15, -0.1) is 0 Å². The van der Waals surface area contributed by atoms with Gasteiger partial charge < -0.3 is 0 Å². The summed E-state index contributed by atoms with van der Waals surface area (Å²) in [4.78, 5) is 0. The Kier molecular flexibility index (Phi) is 401. The molecule has 0 rings (SSSR count). The topological polar surface area (TPSA) is 0 Å². The Balaban J connectivity index is -0.00000000889. The normalized spacial score (nSPS) is 5.00. The van der Waals surface area contributed by atoms with E-state index in [1.807, 2.05) is 0 Å². The highest BCUT2D eigenvalue weighted by molar-refractivity contribution is 4.41. The number of hydrogen-bond donors (Lipinski definition) is 0. The summed E-state index contributed by atoms with van der Waals surface area (Å²) < 4.78 is 0. The SMILES string of the molecule is C.C.C.C.C.C.C.C.C.CCCCCCCCC. The molecule has 0 saturated carbocycles. The van der Waals surface area contributed by atoms with Crippen molar-refractivity contribution in [1.82, 2.24) is 0 Å². The van der Waals surface area contributed by atoms with Crippen LogP contribution in [0.15, 0.2) is 0 Å². The molecule has 0 amide bonds. The minimum absolute atomic E-state index is 0. The molecular weight excluding hydrogens is 216 g/mol.